The van der Waals surface area contributed by atoms with E-state index in [2.05, 4.69) is 9.80 Å². The van der Waals surface area contributed by atoms with Crippen molar-refractivity contribution in [3.63, 3.8) is 0 Å². The first-order valence-electron chi connectivity index (χ1n) is 11.3. The van der Waals surface area contributed by atoms with Gasteiger partial charge in [-0.05, 0) is 25.7 Å². The topological polar surface area (TPSA) is 99.1 Å². The highest BCUT2D eigenvalue weighted by molar-refractivity contribution is 8.76. The maximum atomic E-state index is 12.6. The van der Waals surface area contributed by atoms with Crippen molar-refractivity contribution in [3.05, 3.63) is 0 Å². The molecule has 10 heteroatoms. The molecule has 0 radical (unpaired) electrons. The lowest BCUT2D eigenvalue weighted by molar-refractivity contribution is -0.134. The maximum absolute atomic E-state index is 12.6. The van der Waals surface area contributed by atoms with Crippen LogP contribution in [0.5, 0.6) is 0 Å². The highest BCUT2D eigenvalue weighted by Gasteiger charge is 2.34. The number of piperazine rings is 2. The average molecular weight is 457 g/mol. The van der Waals surface area contributed by atoms with Gasteiger partial charge < -0.3 is 21.3 Å². The third-order valence-corrected chi connectivity index (χ3v) is 9.06. The number of amides is 2. The van der Waals surface area contributed by atoms with Crippen LogP contribution >= 0.6 is 21.6 Å². The lowest BCUT2D eigenvalue weighted by atomic mass is 10.2. The molecule has 2 saturated heterocycles. The van der Waals surface area contributed by atoms with Gasteiger partial charge in [0.1, 0.15) is 0 Å². The van der Waals surface area contributed by atoms with Crippen LogP contribution in [-0.4, -0.2) is 119 Å². The molecule has 0 aromatic carbocycles. The first kappa shape index (κ1) is 22.7. The quantitative estimate of drug-likeness (QED) is 0.358. The van der Waals surface area contributed by atoms with Gasteiger partial charge in [-0.25, -0.2) is 0 Å². The summed E-state index contributed by atoms with van der Waals surface area (Å²) in [7, 11) is 3.10. The van der Waals surface area contributed by atoms with Crippen LogP contribution in [0.15, 0.2) is 0 Å². The minimum atomic E-state index is -0.489. The summed E-state index contributed by atoms with van der Waals surface area (Å²) in [6, 6.07) is 0.545. The van der Waals surface area contributed by atoms with Crippen molar-refractivity contribution in [1.82, 2.24) is 19.6 Å². The van der Waals surface area contributed by atoms with E-state index in [-0.39, 0.29) is 11.8 Å². The Morgan fingerprint density at radius 3 is 1.30 bits per heavy atom. The summed E-state index contributed by atoms with van der Waals surface area (Å²) in [4.78, 5) is 34.0. The fourth-order valence-corrected chi connectivity index (χ4v) is 6.58. The lowest BCUT2D eigenvalue weighted by Crippen LogP contribution is -2.54. The van der Waals surface area contributed by atoms with Gasteiger partial charge in [0.05, 0.1) is 12.1 Å². The van der Waals surface area contributed by atoms with E-state index in [0.717, 1.165) is 64.4 Å². The van der Waals surface area contributed by atoms with Crippen molar-refractivity contribution < 1.29 is 9.59 Å². The summed E-state index contributed by atoms with van der Waals surface area (Å²) in [6.45, 7) is 7.02. The molecule has 8 nitrogen and oxygen atoms in total. The fourth-order valence-electron chi connectivity index (χ4n) is 4.35. The van der Waals surface area contributed by atoms with E-state index in [9.17, 15) is 9.59 Å². The van der Waals surface area contributed by atoms with Crippen LogP contribution in [0.25, 0.3) is 0 Å². The number of hydrogen-bond acceptors (Lipinski definition) is 8. The molecule has 0 unspecified atom stereocenters. The summed E-state index contributed by atoms with van der Waals surface area (Å²) >= 11 is 0. The first-order valence-corrected chi connectivity index (χ1v) is 13.8. The zero-order valence-corrected chi connectivity index (χ0v) is 19.4. The van der Waals surface area contributed by atoms with E-state index in [1.165, 1.54) is 25.7 Å². The van der Waals surface area contributed by atoms with Gasteiger partial charge in [0.25, 0.3) is 0 Å². The molecule has 0 aromatic rings. The molecule has 2 aliphatic heterocycles. The maximum Gasteiger partial charge on any atom is 0.240 e. The van der Waals surface area contributed by atoms with Crippen molar-refractivity contribution in [1.29, 1.82) is 0 Å². The molecule has 4 aliphatic rings. The second-order valence-corrected chi connectivity index (χ2v) is 11.5. The number of carbonyl (C=O) groups is 2. The Labute approximate surface area is 187 Å². The van der Waals surface area contributed by atoms with Crippen LogP contribution < -0.4 is 11.5 Å². The minimum Gasteiger partial charge on any atom is -0.339 e. The average Bonchev–Trinajstić information content (AvgIpc) is 3.68. The summed E-state index contributed by atoms with van der Waals surface area (Å²) in [5.74, 6) is 1.19. The largest absolute Gasteiger partial charge is 0.339 e. The van der Waals surface area contributed by atoms with Gasteiger partial charge in [0, 0.05) is 75.9 Å². The van der Waals surface area contributed by atoms with Crippen LogP contribution in [0.1, 0.15) is 25.7 Å². The molecule has 4 fully saturated rings. The molecular formula is C20H36N6O2S2. The highest BCUT2D eigenvalue weighted by Crippen LogP contribution is 2.29. The van der Waals surface area contributed by atoms with Crippen molar-refractivity contribution >= 4 is 33.4 Å². The molecule has 2 amide bonds. The Kier molecular flexibility index (Phi) is 7.86. The van der Waals surface area contributed by atoms with Gasteiger partial charge >= 0.3 is 0 Å². The highest BCUT2D eigenvalue weighted by atomic mass is 33.1. The van der Waals surface area contributed by atoms with Gasteiger partial charge in [-0.1, -0.05) is 21.6 Å². The predicted molar refractivity (Wildman–Crippen MR) is 123 cm³/mol. The summed E-state index contributed by atoms with van der Waals surface area (Å²) < 4.78 is 0. The van der Waals surface area contributed by atoms with Gasteiger partial charge in [-0.15, -0.1) is 0 Å². The first-order chi connectivity index (χ1) is 14.5. The second-order valence-electron chi connectivity index (χ2n) is 8.97. The van der Waals surface area contributed by atoms with Crippen molar-refractivity contribution in [2.75, 3.05) is 63.9 Å². The number of rotatable bonds is 9. The molecule has 2 atom stereocenters. The Bertz CT molecular complexity index is 550. The van der Waals surface area contributed by atoms with Gasteiger partial charge in [-0.2, -0.15) is 0 Å². The van der Waals surface area contributed by atoms with Gasteiger partial charge in [0.15, 0.2) is 0 Å². The number of nitrogens with two attached hydrogens (primary N) is 2. The zero-order valence-electron chi connectivity index (χ0n) is 17.8. The molecule has 2 aliphatic carbocycles. The Morgan fingerprint density at radius 2 is 1.00 bits per heavy atom. The monoisotopic (exact) mass is 456 g/mol. The van der Waals surface area contributed by atoms with E-state index >= 15 is 0 Å². The molecule has 0 bridgehead atoms. The molecule has 2 heterocycles. The normalized spacial score (nSPS) is 25.9. The number of hydrogen-bond donors (Lipinski definition) is 2. The predicted octanol–water partition coefficient (Wildman–Crippen LogP) is -0.364. The third kappa shape index (κ3) is 6.04. The van der Waals surface area contributed by atoms with E-state index in [1.54, 1.807) is 21.6 Å². The van der Waals surface area contributed by atoms with Gasteiger partial charge in [0.2, 0.25) is 11.8 Å². The Morgan fingerprint density at radius 1 is 0.667 bits per heavy atom. The summed E-state index contributed by atoms with van der Waals surface area (Å²) in [6.07, 6.45) is 5.23. The van der Waals surface area contributed by atoms with E-state index < -0.39 is 12.1 Å². The van der Waals surface area contributed by atoms with E-state index in [4.69, 9.17) is 11.5 Å². The third-order valence-electron chi connectivity index (χ3n) is 6.59. The molecule has 2 saturated carbocycles. The van der Waals surface area contributed by atoms with Crippen molar-refractivity contribution in [2.45, 2.75) is 49.9 Å². The minimum absolute atomic E-state index is 0.0486. The molecule has 0 spiro atoms. The summed E-state index contributed by atoms with van der Waals surface area (Å²) in [5, 5.41) is 0. The van der Waals surface area contributed by atoms with Gasteiger partial charge in [-0.3, -0.25) is 19.4 Å². The van der Waals surface area contributed by atoms with Crippen molar-refractivity contribution in [2.24, 2.45) is 11.5 Å². The molecule has 0 aromatic heterocycles. The van der Waals surface area contributed by atoms with Crippen LogP contribution in [-0.2, 0) is 9.59 Å². The Hall–Kier alpha value is -0.520. The standard InChI is InChI=1S/C20H36N6O2S2/c21-17(19(27)25-9-5-23(6-10-25)15-1-2-15)13-29-30-14-18(22)20(28)26-11-7-24(8-12-26)16-3-4-16/h15-18H,1-14,21-22H2/t17-,18-/m0/s1. The molecule has 30 heavy (non-hydrogen) atoms. The van der Waals surface area contributed by atoms with Crippen LogP contribution in [0.3, 0.4) is 0 Å². The number of nitrogens with zero attached hydrogens (tertiary/aromatic N) is 4. The Balaban J connectivity index is 1.08. The molecular weight excluding hydrogens is 420 g/mol. The SMILES string of the molecule is N[C@@H](CSSC[C@H](N)C(=O)N1CCN(C2CC2)CC1)C(=O)N1CCN(C2CC2)CC1. The van der Waals surface area contributed by atoms with Crippen LogP contribution in [0.2, 0.25) is 0 Å². The molecule has 4 rings (SSSR count). The zero-order chi connectivity index (χ0) is 21.1. The lowest BCUT2D eigenvalue weighted by Gasteiger charge is -2.36. The van der Waals surface area contributed by atoms with E-state index in [1.807, 2.05) is 9.80 Å². The molecule has 170 valence electrons. The second kappa shape index (κ2) is 10.4. The van der Waals surface area contributed by atoms with E-state index in [0.29, 0.717) is 11.5 Å². The molecule has 4 N–H and O–H groups in total. The number of carbonyl (C=O) groups excluding carboxylic acids is 2. The summed E-state index contributed by atoms with van der Waals surface area (Å²) in [5.41, 5.74) is 12.3. The van der Waals surface area contributed by atoms with Crippen LogP contribution in [0, 0.1) is 0 Å². The van der Waals surface area contributed by atoms with Crippen LogP contribution in [0.4, 0.5) is 0 Å². The van der Waals surface area contributed by atoms with Crippen molar-refractivity contribution in [3.8, 4) is 0 Å². The fraction of sp³-hybridized carbons (Fsp3) is 0.900. The smallest absolute Gasteiger partial charge is 0.240 e.